The summed E-state index contributed by atoms with van der Waals surface area (Å²) in [4.78, 5) is 0. The molecule has 0 bridgehead atoms. The van der Waals surface area contributed by atoms with Crippen LogP contribution in [-0.4, -0.2) is 17.3 Å². The Labute approximate surface area is 47.5 Å². The van der Waals surface area contributed by atoms with Gasteiger partial charge in [0.15, 0.2) is 5.11 Å². The second-order valence-corrected chi connectivity index (χ2v) is 0.948. The molecule has 0 rings (SSSR count). The Morgan fingerprint density at radius 2 is 1.86 bits per heavy atom. The van der Waals surface area contributed by atoms with Gasteiger partial charge < -0.3 is 16.3 Å². The molecule has 0 unspecified atom stereocenters. The van der Waals surface area contributed by atoms with Crippen molar-refractivity contribution in [3.63, 3.8) is 0 Å². The first-order chi connectivity index (χ1) is 3.27. The quantitative estimate of drug-likeness (QED) is 0.175. The summed E-state index contributed by atoms with van der Waals surface area (Å²) in [5.74, 6) is 4.66. The lowest BCUT2D eigenvalue weighted by Crippen LogP contribution is -2.34. The molecule has 5 heteroatoms. The number of aliphatic hydroxyl groups excluding tert-OH is 1. The molecule has 0 spiro atoms. The SMILES string of the molecule is CO.NNC(N)=S. The van der Waals surface area contributed by atoms with Gasteiger partial charge in [0.05, 0.1) is 0 Å². The third-order valence-corrected chi connectivity index (χ3v) is 0.260. The minimum atomic E-state index is 0.116. The Balaban J connectivity index is 0. The number of rotatable bonds is 0. The van der Waals surface area contributed by atoms with Crippen molar-refractivity contribution in [2.24, 2.45) is 11.6 Å². The first-order valence-corrected chi connectivity index (χ1v) is 1.89. The van der Waals surface area contributed by atoms with Crippen molar-refractivity contribution in [2.45, 2.75) is 0 Å². The number of nitrogens with one attached hydrogen (secondary N) is 1. The molecular formula is C2H9N3OS. The second kappa shape index (κ2) is 9.15. The predicted molar refractivity (Wildman–Crippen MR) is 32.3 cm³/mol. The van der Waals surface area contributed by atoms with Crippen molar-refractivity contribution in [1.29, 1.82) is 0 Å². The minimum absolute atomic E-state index is 0.116. The van der Waals surface area contributed by atoms with Gasteiger partial charge in [0.2, 0.25) is 0 Å². The van der Waals surface area contributed by atoms with E-state index in [1.807, 2.05) is 5.43 Å². The van der Waals surface area contributed by atoms with Crippen LogP contribution in [-0.2, 0) is 0 Å². The van der Waals surface area contributed by atoms with Gasteiger partial charge in [-0.15, -0.1) is 0 Å². The molecule has 0 heterocycles. The fourth-order valence-corrected chi connectivity index (χ4v) is 0. The van der Waals surface area contributed by atoms with Gasteiger partial charge in [-0.25, -0.2) is 5.84 Å². The zero-order chi connectivity index (χ0) is 6.28. The summed E-state index contributed by atoms with van der Waals surface area (Å²) >= 11 is 4.24. The van der Waals surface area contributed by atoms with E-state index in [1.165, 1.54) is 0 Å². The lowest BCUT2D eigenvalue weighted by Gasteiger charge is -1.85. The lowest BCUT2D eigenvalue weighted by molar-refractivity contribution is 0.399. The van der Waals surface area contributed by atoms with Crippen molar-refractivity contribution in [3.8, 4) is 0 Å². The Morgan fingerprint density at radius 1 is 1.71 bits per heavy atom. The second-order valence-electron chi connectivity index (χ2n) is 0.509. The van der Waals surface area contributed by atoms with Crippen LogP contribution in [0.25, 0.3) is 0 Å². The molecule has 0 aliphatic rings. The number of hydrazine groups is 1. The van der Waals surface area contributed by atoms with Crippen LogP contribution in [0.1, 0.15) is 0 Å². The van der Waals surface area contributed by atoms with E-state index < -0.39 is 0 Å². The summed E-state index contributed by atoms with van der Waals surface area (Å²) in [6.45, 7) is 0. The number of nitrogens with two attached hydrogens (primary N) is 2. The molecule has 6 N–H and O–H groups in total. The first-order valence-electron chi connectivity index (χ1n) is 1.48. The van der Waals surface area contributed by atoms with Gasteiger partial charge in [0, 0.05) is 7.11 Å². The van der Waals surface area contributed by atoms with Crippen LogP contribution in [0.4, 0.5) is 0 Å². The van der Waals surface area contributed by atoms with E-state index in [2.05, 4.69) is 18.1 Å². The molecule has 4 nitrogen and oxygen atoms in total. The highest BCUT2D eigenvalue weighted by Crippen LogP contribution is 1.40. The molecule has 0 aliphatic heterocycles. The topological polar surface area (TPSA) is 84.3 Å². The summed E-state index contributed by atoms with van der Waals surface area (Å²) in [7, 11) is 1.00. The number of aliphatic hydroxyl groups is 1. The van der Waals surface area contributed by atoms with E-state index in [4.69, 9.17) is 10.8 Å². The minimum Gasteiger partial charge on any atom is -0.400 e. The molecule has 0 saturated heterocycles. The maximum Gasteiger partial charge on any atom is 0.177 e. The molecular weight excluding hydrogens is 114 g/mol. The number of hydrogen-bond acceptors (Lipinski definition) is 3. The van der Waals surface area contributed by atoms with Gasteiger partial charge >= 0.3 is 0 Å². The van der Waals surface area contributed by atoms with Crippen molar-refractivity contribution >= 4 is 17.3 Å². The molecule has 0 saturated carbocycles. The average Bonchev–Trinajstić information content (AvgIpc) is 1.73. The Morgan fingerprint density at radius 3 is 1.86 bits per heavy atom. The molecule has 0 fully saturated rings. The zero-order valence-corrected chi connectivity index (χ0v) is 4.83. The van der Waals surface area contributed by atoms with E-state index in [-0.39, 0.29) is 5.11 Å². The van der Waals surface area contributed by atoms with Crippen LogP contribution < -0.4 is 17.0 Å². The molecule has 0 aromatic rings. The standard InChI is InChI=1S/CH5N3S.CH4O/c2-1(5)4-3;1-2/h3H2,(H3,2,4,5);2H,1H3. The summed E-state index contributed by atoms with van der Waals surface area (Å²) in [5, 5.41) is 7.12. The maximum atomic E-state index is 7.00. The van der Waals surface area contributed by atoms with Crippen LogP contribution in [0.3, 0.4) is 0 Å². The normalized spacial score (nSPS) is 5.57. The fraction of sp³-hybridized carbons (Fsp3) is 0.500. The third kappa shape index (κ3) is 28.2. The molecule has 7 heavy (non-hydrogen) atoms. The van der Waals surface area contributed by atoms with E-state index in [0.717, 1.165) is 7.11 Å². The van der Waals surface area contributed by atoms with Crippen LogP contribution in [0.15, 0.2) is 0 Å². The lowest BCUT2D eigenvalue weighted by atomic mass is 11.2. The molecule has 0 aliphatic carbocycles. The Bertz CT molecular complexity index is 48.2. The van der Waals surface area contributed by atoms with Crippen molar-refractivity contribution in [2.75, 3.05) is 7.11 Å². The van der Waals surface area contributed by atoms with Crippen molar-refractivity contribution in [1.82, 2.24) is 5.43 Å². The van der Waals surface area contributed by atoms with Gasteiger partial charge in [-0.3, -0.25) is 0 Å². The highest BCUT2D eigenvalue weighted by Gasteiger charge is 1.66. The summed E-state index contributed by atoms with van der Waals surface area (Å²) in [6.07, 6.45) is 0. The largest absolute Gasteiger partial charge is 0.400 e. The Hall–Kier alpha value is -0.390. The third-order valence-electron chi connectivity index (χ3n) is 0.142. The predicted octanol–water partition coefficient (Wildman–Crippen LogP) is -1.70. The molecule has 0 aromatic carbocycles. The zero-order valence-electron chi connectivity index (χ0n) is 4.01. The monoisotopic (exact) mass is 123 g/mol. The summed E-state index contributed by atoms with van der Waals surface area (Å²) in [5.41, 5.74) is 6.82. The first kappa shape index (κ1) is 9.79. The van der Waals surface area contributed by atoms with Gasteiger partial charge in [0.25, 0.3) is 0 Å². The summed E-state index contributed by atoms with van der Waals surface area (Å²) < 4.78 is 0. The smallest absolute Gasteiger partial charge is 0.177 e. The fourth-order valence-electron chi connectivity index (χ4n) is 0. The van der Waals surface area contributed by atoms with E-state index >= 15 is 0 Å². The van der Waals surface area contributed by atoms with Crippen LogP contribution in [0.5, 0.6) is 0 Å². The van der Waals surface area contributed by atoms with Crippen LogP contribution >= 0.6 is 12.2 Å². The van der Waals surface area contributed by atoms with Crippen LogP contribution in [0.2, 0.25) is 0 Å². The molecule has 0 atom stereocenters. The van der Waals surface area contributed by atoms with Gasteiger partial charge in [-0.1, -0.05) is 0 Å². The van der Waals surface area contributed by atoms with Crippen LogP contribution in [0, 0.1) is 0 Å². The Kier molecular flexibility index (Phi) is 12.8. The van der Waals surface area contributed by atoms with Gasteiger partial charge in [-0.2, -0.15) is 0 Å². The maximum absolute atomic E-state index is 7.00. The van der Waals surface area contributed by atoms with E-state index in [0.29, 0.717) is 0 Å². The molecule has 0 aromatic heterocycles. The van der Waals surface area contributed by atoms with E-state index in [9.17, 15) is 0 Å². The highest BCUT2D eigenvalue weighted by molar-refractivity contribution is 7.80. The highest BCUT2D eigenvalue weighted by atomic mass is 32.1. The van der Waals surface area contributed by atoms with Crippen molar-refractivity contribution < 1.29 is 5.11 Å². The summed E-state index contributed by atoms with van der Waals surface area (Å²) in [6, 6.07) is 0. The van der Waals surface area contributed by atoms with Gasteiger partial charge in [-0.05, 0) is 12.2 Å². The molecule has 44 valence electrons. The molecule has 0 amide bonds. The van der Waals surface area contributed by atoms with E-state index in [1.54, 1.807) is 0 Å². The molecule has 0 radical (unpaired) electrons. The number of thiocarbonyl (C=S) groups is 1. The average molecular weight is 123 g/mol. The van der Waals surface area contributed by atoms with Crippen molar-refractivity contribution in [3.05, 3.63) is 0 Å². The number of hydrogen-bond donors (Lipinski definition) is 4. The van der Waals surface area contributed by atoms with Gasteiger partial charge in [0.1, 0.15) is 0 Å².